The molecule has 2 N–H and O–H groups in total. The summed E-state index contributed by atoms with van der Waals surface area (Å²) < 4.78 is 0. The van der Waals surface area contributed by atoms with Crippen molar-refractivity contribution in [2.75, 3.05) is 6.54 Å². The van der Waals surface area contributed by atoms with E-state index in [2.05, 4.69) is 36.0 Å². The molecule has 2 saturated carbocycles. The molecule has 3 rings (SSSR count). The van der Waals surface area contributed by atoms with Crippen LogP contribution in [-0.4, -0.2) is 11.8 Å². The summed E-state index contributed by atoms with van der Waals surface area (Å²) in [6, 6.07) is 8.90. The molecule has 2 fully saturated rings. The van der Waals surface area contributed by atoms with Gasteiger partial charge in [-0.15, -0.1) is 11.8 Å². The van der Waals surface area contributed by atoms with Gasteiger partial charge in [-0.25, -0.2) is 0 Å². The predicted molar refractivity (Wildman–Crippen MR) is 69.9 cm³/mol. The molecule has 0 aliphatic heterocycles. The Morgan fingerprint density at radius 1 is 1.25 bits per heavy atom. The van der Waals surface area contributed by atoms with Crippen LogP contribution in [0.5, 0.6) is 0 Å². The van der Waals surface area contributed by atoms with Gasteiger partial charge in [0.05, 0.1) is 0 Å². The van der Waals surface area contributed by atoms with Gasteiger partial charge in [-0.1, -0.05) is 24.6 Å². The van der Waals surface area contributed by atoms with Crippen LogP contribution in [-0.2, 0) is 5.41 Å². The van der Waals surface area contributed by atoms with Gasteiger partial charge < -0.3 is 5.73 Å². The molecule has 1 aromatic rings. The van der Waals surface area contributed by atoms with Crippen LogP contribution in [0.15, 0.2) is 29.2 Å². The fourth-order valence-electron chi connectivity index (χ4n) is 2.41. The Hall–Kier alpha value is -0.470. The van der Waals surface area contributed by atoms with E-state index in [1.54, 1.807) is 0 Å². The van der Waals surface area contributed by atoms with Crippen molar-refractivity contribution in [1.29, 1.82) is 0 Å². The Morgan fingerprint density at radius 2 is 2.00 bits per heavy atom. The highest BCUT2D eigenvalue weighted by Gasteiger charge is 2.44. The molecule has 0 saturated heterocycles. The summed E-state index contributed by atoms with van der Waals surface area (Å²) in [5.41, 5.74) is 7.80. The first kappa shape index (κ1) is 10.7. The summed E-state index contributed by atoms with van der Waals surface area (Å²) >= 11 is 2.08. The third-order valence-corrected chi connectivity index (χ3v) is 5.46. The molecule has 0 heterocycles. The second kappa shape index (κ2) is 4.08. The number of hydrogen-bond acceptors (Lipinski definition) is 2. The van der Waals surface area contributed by atoms with Crippen LogP contribution in [0.4, 0.5) is 0 Å². The largest absolute Gasteiger partial charge is 0.330 e. The molecule has 2 heteroatoms. The Morgan fingerprint density at radius 3 is 2.56 bits per heavy atom. The lowest BCUT2D eigenvalue weighted by Gasteiger charge is -2.27. The Labute approximate surface area is 102 Å². The number of thioether (sulfide) groups is 1. The van der Waals surface area contributed by atoms with Crippen LogP contribution in [0, 0.1) is 0 Å². The third-order valence-electron chi connectivity index (χ3n) is 4.05. The van der Waals surface area contributed by atoms with E-state index in [0.717, 1.165) is 11.8 Å². The van der Waals surface area contributed by atoms with E-state index in [1.165, 1.54) is 42.6 Å². The molecule has 0 amide bonds. The molecule has 2 aliphatic carbocycles. The first-order valence-electron chi connectivity index (χ1n) is 6.30. The Bertz CT molecular complexity index is 380. The van der Waals surface area contributed by atoms with Gasteiger partial charge in [0.2, 0.25) is 0 Å². The molecule has 16 heavy (non-hydrogen) atoms. The second-order valence-corrected chi connectivity index (χ2v) is 6.49. The Balaban J connectivity index is 1.85. The highest BCUT2D eigenvalue weighted by molar-refractivity contribution is 8.00. The molecule has 0 aromatic heterocycles. The summed E-state index contributed by atoms with van der Waals surface area (Å²) in [5.74, 6) is 0. The number of hydrogen-bond donors (Lipinski definition) is 1. The maximum atomic E-state index is 5.94. The topological polar surface area (TPSA) is 26.0 Å². The summed E-state index contributed by atoms with van der Waals surface area (Å²) in [4.78, 5) is 1.50. The van der Waals surface area contributed by atoms with Crippen molar-refractivity contribution in [3.8, 4) is 0 Å². The number of benzene rings is 1. The van der Waals surface area contributed by atoms with Gasteiger partial charge >= 0.3 is 0 Å². The maximum Gasteiger partial charge on any atom is 0.0113 e. The van der Waals surface area contributed by atoms with E-state index in [-0.39, 0.29) is 0 Å². The normalized spacial score (nSPS) is 22.8. The minimum Gasteiger partial charge on any atom is -0.330 e. The molecule has 1 nitrogen and oxygen atoms in total. The van der Waals surface area contributed by atoms with Crippen molar-refractivity contribution in [1.82, 2.24) is 0 Å². The fraction of sp³-hybridized carbons (Fsp3) is 0.571. The quantitative estimate of drug-likeness (QED) is 0.863. The monoisotopic (exact) mass is 233 g/mol. The summed E-state index contributed by atoms with van der Waals surface area (Å²) in [6.45, 7) is 0.815. The molecule has 1 aromatic carbocycles. The first-order chi connectivity index (χ1) is 7.84. The lowest BCUT2D eigenvalue weighted by molar-refractivity contribution is 0.521. The van der Waals surface area contributed by atoms with Crippen molar-refractivity contribution in [2.45, 2.75) is 47.7 Å². The third kappa shape index (κ3) is 1.78. The van der Waals surface area contributed by atoms with Crippen molar-refractivity contribution >= 4 is 11.8 Å². The lowest BCUT2D eigenvalue weighted by Crippen LogP contribution is -2.21. The lowest BCUT2D eigenvalue weighted by atomic mass is 9.96. The van der Waals surface area contributed by atoms with Crippen LogP contribution in [0.3, 0.4) is 0 Å². The average molecular weight is 233 g/mol. The molecule has 0 bridgehead atoms. The molecule has 0 spiro atoms. The summed E-state index contributed by atoms with van der Waals surface area (Å²) in [7, 11) is 0. The molecule has 0 atom stereocenters. The van der Waals surface area contributed by atoms with Crippen molar-refractivity contribution in [3.05, 3.63) is 29.8 Å². The van der Waals surface area contributed by atoms with Crippen LogP contribution in [0.2, 0.25) is 0 Å². The van der Waals surface area contributed by atoms with Gasteiger partial charge in [0.1, 0.15) is 0 Å². The summed E-state index contributed by atoms with van der Waals surface area (Å²) in [5, 5.41) is 0.870. The van der Waals surface area contributed by atoms with Gasteiger partial charge in [0, 0.05) is 22.1 Å². The maximum absolute atomic E-state index is 5.94. The molecule has 2 aliphatic rings. The average Bonchev–Trinajstić information content (AvgIpc) is 3.05. The zero-order valence-corrected chi connectivity index (χ0v) is 10.4. The van der Waals surface area contributed by atoms with E-state index >= 15 is 0 Å². The van der Waals surface area contributed by atoms with Gasteiger partial charge in [-0.2, -0.15) is 0 Å². The van der Waals surface area contributed by atoms with Crippen LogP contribution >= 0.6 is 11.8 Å². The minimum absolute atomic E-state index is 0.341. The van der Waals surface area contributed by atoms with Crippen LogP contribution < -0.4 is 5.73 Å². The Kier molecular flexibility index (Phi) is 2.72. The van der Waals surface area contributed by atoms with Crippen LogP contribution in [0.25, 0.3) is 0 Å². The molecular formula is C14H19NS. The van der Waals surface area contributed by atoms with Crippen molar-refractivity contribution < 1.29 is 0 Å². The van der Waals surface area contributed by atoms with Crippen molar-refractivity contribution in [2.24, 2.45) is 5.73 Å². The van der Waals surface area contributed by atoms with Gasteiger partial charge in [0.25, 0.3) is 0 Å². The number of nitrogens with two attached hydrogens (primary N) is 1. The van der Waals surface area contributed by atoms with Crippen molar-refractivity contribution in [3.63, 3.8) is 0 Å². The zero-order chi connectivity index (χ0) is 11.0. The standard InChI is InChI=1S/C14H19NS/c15-10-14(8-9-14)12-6-1-2-7-13(12)16-11-4-3-5-11/h1-2,6-7,11H,3-5,8-10,15H2. The van der Waals surface area contributed by atoms with Crippen LogP contribution in [0.1, 0.15) is 37.7 Å². The summed E-state index contributed by atoms with van der Waals surface area (Å²) in [6.07, 6.45) is 6.78. The van der Waals surface area contributed by atoms with E-state index in [1.807, 2.05) is 0 Å². The van der Waals surface area contributed by atoms with E-state index in [0.29, 0.717) is 5.41 Å². The van der Waals surface area contributed by atoms with Gasteiger partial charge in [0.15, 0.2) is 0 Å². The smallest absolute Gasteiger partial charge is 0.0113 e. The molecule has 86 valence electrons. The zero-order valence-electron chi connectivity index (χ0n) is 9.61. The highest BCUT2D eigenvalue weighted by Crippen LogP contribution is 2.51. The molecule has 0 unspecified atom stereocenters. The van der Waals surface area contributed by atoms with E-state index in [9.17, 15) is 0 Å². The van der Waals surface area contributed by atoms with Gasteiger partial charge in [-0.05, 0) is 37.3 Å². The molecular weight excluding hydrogens is 214 g/mol. The highest BCUT2D eigenvalue weighted by atomic mass is 32.2. The SMILES string of the molecule is NCC1(c2ccccc2SC2CCC2)CC1. The second-order valence-electron chi connectivity index (χ2n) is 5.15. The predicted octanol–water partition coefficient (Wildman–Crippen LogP) is 3.32. The van der Waals surface area contributed by atoms with Gasteiger partial charge in [-0.3, -0.25) is 0 Å². The number of rotatable bonds is 4. The van der Waals surface area contributed by atoms with E-state index in [4.69, 9.17) is 5.73 Å². The minimum atomic E-state index is 0.341. The fourth-order valence-corrected chi connectivity index (χ4v) is 3.91. The first-order valence-corrected chi connectivity index (χ1v) is 7.18. The molecule has 0 radical (unpaired) electrons. The van der Waals surface area contributed by atoms with E-state index < -0.39 is 0 Å².